The Bertz CT molecular complexity index is 1200. The Balaban J connectivity index is 1.80. The van der Waals surface area contributed by atoms with Gasteiger partial charge in [-0.2, -0.15) is 5.26 Å². The molecular weight excluding hydrogens is 382 g/mol. The number of nitriles is 1. The summed E-state index contributed by atoms with van der Waals surface area (Å²) in [6.45, 7) is 0. The Morgan fingerprint density at radius 2 is 2.07 bits per heavy atom. The fourth-order valence-electron chi connectivity index (χ4n) is 2.71. The van der Waals surface area contributed by atoms with Gasteiger partial charge < -0.3 is 10.8 Å². The van der Waals surface area contributed by atoms with Crippen molar-refractivity contribution >= 4 is 39.0 Å². The average molecular weight is 394 g/mol. The lowest BCUT2D eigenvalue weighted by molar-refractivity contribution is 0.224. The van der Waals surface area contributed by atoms with Crippen LogP contribution in [0.5, 0.6) is 0 Å². The quantitative estimate of drug-likeness (QED) is 0.545. The van der Waals surface area contributed by atoms with Crippen LogP contribution >= 0.6 is 22.9 Å². The largest absolute Gasteiger partial charge is 0.383 e. The first kappa shape index (κ1) is 17.4. The van der Waals surface area contributed by atoms with E-state index < -0.39 is 6.10 Å². The average Bonchev–Trinajstić information content (AvgIpc) is 3.13. The Labute approximate surface area is 163 Å². The van der Waals surface area contributed by atoms with Gasteiger partial charge in [-0.1, -0.05) is 23.7 Å². The Hall–Kier alpha value is -3.05. The van der Waals surface area contributed by atoms with Gasteiger partial charge in [-0.15, -0.1) is 11.3 Å². The number of fused-ring (bicyclic) bond motifs is 1. The molecule has 0 saturated heterocycles. The van der Waals surface area contributed by atoms with E-state index in [1.807, 2.05) is 6.07 Å². The third-order valence-corrected chi connectivity index (χ3v) is 5.46. The number of rotatable bonds is 3. The molecule has 0 aliphatic carbocycles. The van der Waals surface area contributed by atoms with Gasteiger partial charge in [0.15, 0.2) is 5.82 Å². The molecule has 0 radical (unpaired) electrons. The lowest BCUT2D eigenvalue weighted by Gasteiger charge is -2.09. The van der Waals surface area contributed by atoms with Crippen molar-refractivity contribution in [1.82, 2.24) is 15.0 Å². The van der Waals surface area contributed by atoms with Crippen LogP contribution in [0, 0.1) is 11.3 Å². The van der Waals surface area contributed by atoms with Gasteiger partial charge in [0.05, 0.1) is 22.0 Å². The summed E-state index contributed by atoms with van der Waals surface area (Å²) < 4.78 is 0. The summed E-state index contributed by atoms with van der Waals surface area (Å²) in [4.78, 5) is 14.2. The first-order valence-corrected chi connectivity index (χ1v) is 9.11. The van der Waals surface area contributed by atoms with E-state index in [2.05, 4.69) is 21.0 Å². The standard InChI is InChI=1S/C19H12ClN5OS/c20-14-9-23-5-4-12(14)16(26)15-7-13-17(22)24-18(25-19(13)27-15)11-3-1-2-10(6-11)8-21/h1-7,9,16,26H,(H2,22,24,25). The van der Waals surface area contributed by atoms with E-state index in [1.54, 1.807) is 36.5 Å². The van der Waals surface area contributed by atoms with E-state index in [-0.39, 0.29) is 0 Å². The van der Waals surface area contributed by atoms with Gasteiger partial charge in [-0.05, 0) is 24.3 Å². The second-order valence-electron chi connectivity index (χ2n) is 5.79. The SMILES string of the molecule is N#Cc1cccc(-c2nc(N)c3cc(C(O)c4ccncc4Cl)sc3n2)c1. The van der Waals surface area contributed by atoms with Crippen LogP contribution in [0.1, 0.15) is 22.1 Å². The van der Waals surface area contributed by atoms with Crippen molar-refractivity contribution in [1.29, 1.82) is 5.26 Å². The maximum atomic E-state index is 10.7. The molecule has 0 amide bonds. The molecule has 1 unspecified atom stereocenters. The summed E-state index contributed by atoms with van der Waals surface area (Å²) >= 11 is 7.45. The molecule has 0 spiro atoms. The molecule has 1 aromatic carbocycles. The lowest BCUT2D eigenvalue weighted by Crippen LogP contribution is -1.98. The van der Waals surface area contributed by atoms with Gasteiger partial charge in [0.1, 0.15) is 16.8 Å². The zero-order valence-electron chi connectivity index (χ0n) is 13.8. The Morgan fingerprint density at radius 1 is 1.22 bits per heavy atom. The van der Waals surface area contributed by atoms with E-state index >= 15 is 0 Å². The highest BCUT2D eigenvalue weighted by Gasteiger charge is 2.19. The van der Waals surface area contributed by atoms with E-state index in [4.69, 9.17) is 22.6 Å². The molecule has 4 rings (SSSR count). The fourth-order valence-corrected chi connectivity index (χ4v) is 3.98. The number of anilines is 1. The van der Waals surface area contributed by atoms with Crippen molar-refractivity contribution in [2.24, 2.45) is 0 Å². The fraction of sp³-hybridized carbons (Fsp3) is 0.0526. The summed E-state index contributed by atoms with van der Waals surface area (Å²) in [5.41, 5.74) is 7.90. The lowest BCUT2D eigenvalue weighted by atomic mass is 10.1. The van der Waals surface area contributed by atoms with Crippen LogP contribution in [-0.2, 0) is 0 Å². The molecular formula is C19H12ClN5OS. The maximum absolute atomic E-state index is 10.7. The third kappa shape index (κ3) is 3.22. The molecule has 0 fully saturated rings. The van der Waals surface area contributed by atoms with Crippen LogP contribution in [-0.4, -0.2) is 20.1 Å². The first-order chi connectivity index (χ1) is 13.1. The minimum Gasteiger partial charge on any atom is -0.383 e. The molecule has 3 N–H and O–H groups in total. The number of hydrogen-bond donors (Lipinski definition) is 2. The van der Waals surface area contributed by atoms with E-state index in [0.29, 0.717) is 48.4 Å². The summed E-state index contributed by atoms with van der Waals surface area (Å²) in [6, 6.07) is 12.6. The summed E-state index contributed by atoms with van der Waals surface area (Å²) in [6.07, 6.45) is 2.15. The Morgan fingerprint density at radius 3 is 2.85 bits per heavy atom. The molecule has 3 heterocycles. The number of nitrogens with zero attached hydrogens (tertiary/aromatic N) is 4. The van der Waals surface area contributed by atoms with Gasteiger partial charge in [0, 0.05) is 28.4 Å². The maximum Gasteiger partial charge on any atom is 0.163 e. The molecule has 0 saturated carbocycles. The van der Waals surface area contributed by atoms with Crippen molar-refractivity contribution in [2.45, 2.75) is 6.10 Å². The van der Waals surface area contributed by atoms with Gasteiger partial charge in [-0.25, -0.2) is 9.97 Å². The predicted octanol–water partition coefficient (Wildman–Crippen LogP) is 3.94. The van der Waals surface area contributed by atoms with Gasteiger partial charge >= 0.3 is 0 Å². The van der Waals surface area contributed by atoms with E-state index in [0.717, 1.165) is 0 Å². The molecule has 1 atom stereocenters. The number of aromatic nitrogens is 3. The molecule has 27 heavy (non-hydrogen) atoms. The molecule has 3 aromatic heterocycles. The van der Waals surface area contributed by atoms with Gasteiger partial charge in [0.25, 0.3) is 0 Å². The van der Waals surface area contributed by atoms with Crippen molar-refractivity contribution in [3.63, 3.8) is 0 Å². The van der Waals surface area contributed by atoms with Crippen molar-refractivity contribution < 1.29 is 5.11 Å². The molecule has 6 nitrogen and oxygen atoms in total. The highest BCUT2D eigenvalue weighted by molar-refractivity contribution is 7.18. The number of nitrogens with two attached hydrogens (primary N) is 1. The number of aliphatic hydroxyl groups is 1. The minimum absolute atomic E-state index is 0.313. The van der Waals surface area contributed by atoms with Crippen LogP contribution in [0.4, 0.5) is 5.82 Å². The number of pyridine rings is 1. The Kier molecular flexibility index (Phi) is 4.46. The van der Waals surface area contributed by atoms with Gasteiger partial charge in [0.2, 0.25) is 0 Å². The van der Waals surface area contributed by atoms with Crippen molar-refractivity contribution in [3.05, 3.63) is 69.8 Å². The minimum atomic E-state index is -0.913. The van der Waals surface area contributed by atoms with Crippen LogP contribution in [0.15, 0.2) is 48.8 Å². The zero-order valence-corrected chi connectivity index (χ0v) is 15.4. The topological polar surface area (TPSA) is 109 Å². The molecule has 0 bridgehead atoms. The monoisotopic (exact) mass is 393 g/mol. The van der Waals surface area contributed by atoms with Gasteiger partial charge in [-0.3, -0.25) is 4.98 Å². The molecule has 0 aliphatic rings. The summed E-state index contributed by atoms with van der Waals surface area (Å²) in [7, 11) is 0. The van der Waals surface area contributed by atoms with E-state index in [1.165, 1.54) is 17.5 Å². The number of hydrogen-bond acceptors (Lipinski definition) is 7. The molecule has 8 heteroatoms. The number of halogens is 1. The molecule has 132 valence electrons. The van der Waals surface area contributed by atoms with Crippen molar-refractivity contribution in [3.8, 4) is 17.5 Å². The molecule has 4 aromatic rings. The highest BCUT2D eigenvalue weighted by atomic mass is 35.5. The summed E-state index contributed by atoms with van der Waals surface area (Å²) in [5.74, 6) is 0.745. The van der Waals surface area contributed by atoms with Crippen LogP contribution in [0.3, 0.4) is 0 Å². The van der Waals surface area contributed by atoms with Crippen LogP contribution in [0.25, 0.3) is 21.6 Å². The second kappa shape index (κ2) is 6.93. The highest BCUT2D eigenvalue weighted by Crippen LogP contribution is 2.37. The third-order valence-electron chi connectivity index (χ3n) is 4.06. The number of benzene rings is 1. The first-order valence-electron chi connectivity index (χ1n) is 7.92. The zero-order chi connectivity index (χ0) is 19.0. The second-order valence-corrected chi connectivity index (χ2v) is 7.26. The van der Waals surface area contributed by atoms with Crippen molar-refractivity contribution in [2.75, 3.05) is 5.73 Å². The number of nitrogen functional groups attached to an aromatic ring is 1. The molecule has 0 aliphatic heterocycles. The predicted molar refractivity (Wildman–Crippen MR) is 105 cm³/mol. The van der Waals surface area contributed by atoms with E-state index in [9.17, 15) is 5.11 Å². The van der Waals surface area contributed by atoms with Crippen LogP contribution in [0.2, 0.25) is 5.02 Å². The number of thiophene rings is 1. The summed E-state index contributed by atoms with van der Waals surface area (Å²) in [5, 5.41) is 20.8. The number of aliphatic hydroxyl groups excluding tert-OH is 1. The normalized spacial score (nSPS) is 12.0. The van der Waals surface area contributed by atoms with Crippen LogP contribution < -0.4 is 5.73 Å². The smallest absolute Gasteiger partial charge is 0.163 e.